The maximum Gasteiger partial charge on any atom is 0.302 e. The Morgan fingerprint density at radius 1 is 1.57 bits per heavy atom. The highest BCUT2D eigenvalue weighted by atomic mass is 16.5. The Balaban J connectivity index is 2.72. The van der Waals surface area contributed by atoms with E-state index in [9.17, 15) is 4.79 Å². The average molecular weight is 196 g/mol. The molecular formula is C12H20O2. The van der Waals surface area contributed by atoms with Crippen LogP contribution in [-0.4, -0.2) is 12.1 Å². The lowest BCUT2D eigenvalue weighted by atomic mass is 9.68. The molecule has 0 aromatic carbocycles. The number of carbonyl (C=O) groups excluding carboxylic acids is 1. The molecule has 80 valence electrons. The van der Waals surface area contributed by atoms with Crippen molar-refractivity contribution in [1.29, 1.82) is 0 Å². The summed E-state index contributed by atoms with van der Waals surface area (Å²) in [4.78, 5) is 10.9. The molecule has 3 atom stereocenters. The molecule has 0 radical (unpaired) electrons. The fourth-order valence-electron chi connectivity index (χ4n) is 2.06. The second-order valence-electron chi connectivity index (χ2n) is 4.57. The van der Waals surface area contributed by atoms with Gasteiger partial charge in [-0.2, -0.15) is 0 Å². The Labute approximate surface area is 86.3 Å². The number of hydrogen-bond donors (Lipinski definition) is 0. The first-order valence-corrected chi connectivity index (χ1v) is 5.29. The van der Waals surface area contributed by atoms with Gasteiger partial charge < -0.3 is 4.74 Å². The second kappa shape index (κ2) is 4.16. The predicted molar refractivity (Wildman–Crippen MR) is 56.9 cm³/mol. The van der Waals surface area contributed by atoms with Crippen LogP contribution in [0.25, 0.3) is 0 Å². The van der Waals surface area contributed by atoms with Crippen molar-refractivity contribution in [2.75, 3.05) is 0 Å². The summed E-state index contributed by atoms with van der Waals surface area (Å²) < 4.78 is 5.29. The summed E-state index contributed by atoms with van der Waals surface area (Å²) in [6, 6.07) is 0. The minimum atomic E-state index is -0.180. The highest BCUT2D eigenvalue weighted by Gasteiger charge is 2.38. The lowest BCUT2D eigenvalue weighted by Crippen LogP contribution is -2.39. The molecule has 0 saturated heterocycles. The Hall–Kier alpha value is -0.790. The quantitative estimate of drug-likeness (QED) is 0.501. The summed E-state index contributed by atoms with van der Waals surface area (Å²) in [5, 5.41) is 0. The van der Waals surface area contributed by atoms with Gasteiger partial charge in [0, 0.05) is 12.3 Å². The van der Waals surface area contributed by atoms with Gasteiger partial charge in [-0.05, 0) is 25.7 Å². The van der Waals surface area contributed by atoms with Crippen molar-refractivity contribution >= 4 is 5.97 Å². The summed E-state index contributed by atoms with van der Waals surface area (Å²) in [6.07, 6.45) is 6.50. The van der Waals surface area contributed by atoms with E-state index in [-0.39, 0.29) is 17.5 Å². The third-order valence-electron chi connectivity index (χ3n) is 3.61. The van der Waals surface area contributed by atoms with E-state index in [1.165, 1.54) is 6.92 Å². The van der Waals surface area contributed by atoms with E-state index in [1.807, 2.05) is 6.92 Å². The largest absolute Gasteiger partial charge is 0.462 e. The summed E-state index contributed by atoms with van der Waals surface area (Å²) >= 11 is 0. The van der Waals surface area contributed by atoms with E-state index in [2.05, 4.69) is 26.0 Å². The zero-order chi connectivity index (χ0) is 10.8. The van der Waals surface area contributed by atoms with Gasteiger partial charge in [-0.3, -0.25) is 4.79 Å². The van der Waals surface area contributed by atoms with Crippen molar-refractivity contribution in [2.45, 2.75) is 46.6 Å². The van der Waals surface area contributed by atoms with Crippen LogP contribution in [0.1, 0.15) is 40.5 Å². The third-order valence-corrected chi connectivity index (χ3v) is 3.61. The SMILES string of the molecule is CC(=O)O[C@H](C)[C@@]1(C)CC=CCC1C. The van der Waals surface area contributed by atoms with Gasteiger partial charge in [0.05, 0.1) is 0 Å². The zero-order valence-electron chi connectivity index (χ0n) is 9.54. The van der Waals surface area contributed by atoms with Gasteiger partial charge in [0.25, 0.3) is 0 Å². The fourth-order valence-corrected chi connectivity index (χ4v) is 2.06. The van der Waals surface area contributed by atoms with Crippen molar-refractivity contribution in [3.63, 3.8) is 0 Å². The molecule has 0 aromatic heterocycles. The van der Waals surface area contributed by atoms with E-state index in [0.29, 0.717) is 5.92 Å². The number of ether oxygens (including phenoxy) is 1. The van der Waals surface area contributed by atoms with Crippen LogP contribution in [0.2, 0.25) is 0 Å². The molecule has 1 unspecified atom stereocenters. The molecule has 0 spiro atoms. The molecule has 1 aliphatic carbocycles. The van der Waals surface area contributed by atoms with Crippen molar-refractivity contribution in [3.8, 4) is 0 Å². The van der Waals surface area contributed by atoms with Gasteiger partial charge in [-0.25, -0.2) is 0 Å². The van der Waals surface area contributed by atoms with Gasteiger partial charge in [0.1, 0.15) is 6.10 Å². The first-order valence-electron chi connectivity index (χ1n) is 5.29. The second-order valence-corrected chi connectivity index (χ2v) is 4.57. The fraction of sp³-hybridized carbons (Fsp3) is 0.750. The Bertz CT molecular complexity index is 245. The first-order chi connectivity index (χ1) is 6.47. The van der Waals surface area contributed by atoms with Gasteiger partial charge in [0.15, 0.2) is 0 Å². The normalized spacial score (nSPS) is 33.9. The summed E-state index contributed by atoms with van der Waals surface area (Å²) in [5.74, 6) is 0.391. The molecular weight excluding hydrogens is 176 g/mol. The Morgan fingerprint density at radius 2 is 2.21 bits per heavy atom. The van der Waals surface area contributed by atoms with E-state index < -0.39 is 0 Å². The Kier molecular flexibility index (Phi) is 3.35. The molecule has 0 N–H and O–H groups in total. The van der Waals surface area contributed by atoms with Crippen LogP contribution in [0.5, 0.6) is 0 Å². The van der Waals surface area contributed by atoms with Crippen molar-refractivity contribution in [3.05, 3.63) is 12.2 Å². The molecule has 0 amide bonds. The number of rotatable bonds is 2. The molecule has 0 bridgehead atoms. The average Bonchev–Trinajstić information content (AvgIpc) is 2.09. The maximum absolute atomic E-state index is 10.9. The summed E-state index contributed by atoms with van der Waals surface area (Å²) in [7, 11) is 0. The van der Waals surface area contributed by atoms with E-state index in [1.54, 1.807) is 0 Å². The van der Waals surface area contributed by atoms with Crippen LogP contribution in [0.4, 0.5) is 0 Å². The van der Waals surface area contributed by atoms with E-state index in [0.717, 1.165) is 12.8 Å². The molecule has 2 heteroatoms. The highest BCUT2D eigenvalue weighted by Crippen LogP contribution is 2.41. The third kappa shape index (κ3) is 2.17. The lowest BCUT2D eigenvalue weighted by Gasteiger charge is -2.41. The highest BCUT2D eigenvalue weighted by molar-refractivity contribution is 5.66. The zero-order valence-corrected chi connectivity index (χ0v) is 9.54. The monoisotopic (exact) mass is 196 g/mol. The van der Waals surface area contributed by atoms with E-state index in [4.69, 9.17) is 4.74 Å². The first kappa shape index (κ1) is 11.3. The van der Waals surface area contributed by atoms with Crippen molar-refractivity contribution < 1.29 is 9.53 Å². The lowest BCUT2D eigenvalue weighted by molar-refractivity contribution is -0.154. The molecule has 0 heterocycles. The van der Waals surface area contributed by atoms with E-state index >= 15 is 0 Å². The number of hydrogen-bond acceptors (Lipinski definition) is 2. The topological polar surface area (TPSA) is 26.3 Å². The molecule has 0 fully saturated rings. The molecule has 1 aliphatic rings. The van der Waals surface area contributed by atoms with Gasteiger partial charge in [0.2, 0.25) is 0 Å². The van der Waals surface area contributed by atoms with Crippen molar-refractivity contribution in [2.24, 2.45) is 11.3 Å². The maximum atomic E-state index is 10.9. The van der Waals surface area contributed by atoms with Crippen LogP contribution in [0.3, 0.4) is 0 Å². The van der Waals surface area contributed by atoms with Gasteiger partial charge in [-0.1, -0.05) is 26.0 Å². The summed E-state index contributed by atoms with van der Waals surface area (Å²) in [5.41, 5.74) is 0.0976. The molecule has 0 aromatic rings. The molecule has 0 aliphatic heterocycles. The smallest absolute Gasteiger partial charge is 0.302 e. The van der Waals surface area contributed by atoms with Crippen LogP contribution in [0.15, 0.2) is 12.2 Å². The molecule has 1 rings (SSSR count). The standard InChI is InChI=1S/C12H20O2/c1-9-7-5-6-8-12(9,4)10(2)14-11(3)13/h5-6,9-10H,7-8H2,1-4H3/t9?,10-,12+/m1/s1. The molecule has 14 heavy (non-hydrogen) atoms. The number of carbonyl (C=O) groups is 1. The van der Waals surface area contributed by atoms with Crippen LogP contribution >= 0.6 is 0 Å². The minimum Gasteiger partial charge on any atom is -0.462 e. The predicted octanol–water partition coefficient (Wildman–Crippen LogP) is 2.93. The molecule has 2 nitrogen and oxygen atoms in total. The van der Waals surface area contributed by atoms with Gasteiger partial charge >= 0.3 is 5.97 Å². The minimum absolute atomic E-state index is 0.0000463. The number of allylic oxidation sites excluding steroid dienone is 2. The number of esters is 1. The van der Waals surface area contributed by atoms with Crippen LogP contribution in [-0.2, 0) is 9.53 Å². The van der Waals surface area contributed by atoms with Crippen LogP contribution < -0.4 is 0 Å². The van der Waals surface area contributed by atoms with Crippen molar-refractivity contribution in [1.82, 2.24) is 0 Å². The molecule has 0 saturated carbocycles. The van der Waals surface area contributed by atoms with Gasteiger partial charge in [-0.15, -0.1) is 0 Å². The van der Waals surface area contributed by atoms with Crippen LogP contribution in [0, 0.1) is 11.3 Å². The summed E-state index contributed by atoms with van der Waals surface area (Å²) in [6.45, 7) is 7.90. The Morgan fingerprint density at radius 3 is 2.71 bits per heavy atom.